The Morgan fingerprint density at radius 3 is 2.30 bits per heavy atom. The van der Waals surface area contributed by atoms with Crippen molar-refractivity contribution in [3.8, 4) is 0 Å². The van der Waals surface area contributed by atoms with E-state index >= 15 is 0 Å². The molecule has 0 spiro atoms. The number of carbonyl (C=O) groups is 4. The first kappa shape index (κ1) is 26.2. The number of rotatable bonds is 11. The maximum absolute atomic E-state index is 13.1. The van der Waals surface area contributed by atoms with Crippen molar-refractivity contribution in [2.75, 3.05) is 18.6 Å². The molecule has 11 heteroatoms. The molecule has 172 valence electrons. The summed E-state index contributed by atoms with van der Waals surface area (Å²) in [6.45, 7) is 5.16. The van der Waals surface area contributed by atoms with Gasteiger partial charge in [-0.2, -0.15) is 11.8 Å². The highest BCUT2D eigenvalue weighted by molar-refractivity contribution is 7.98. The van der Waals surface area contributed by atoms with E-state index in [1.807, 2.05) is 6.26 Å². The molecule has 0 aromatic carbocycles. The molecular weight excluding hydrogens is 412 g/mol. The van der Waals surface area contributed by atoms with E-state index in [4.69, 9.17) is 10.8 Å². The van der Waals surface area contributed by atoms with Gasteiger partial charge in [0.15, 0.2) is 6.04 Å². The van der Waals surface area contributed by atoms with Gasteiger partial charge in [-0.05, 0) is 44.1 Å². The standard InChI is InChI=1S/C19H34N4O6S/c1-10(2)14(21-16(25)12(20)7-9-30-4)18(27)23-8-5-6-13(23)17(26)22-15(11(3)24)19(28)29/h10-15,24H,5-9,20H2,1-4H3,(H,21,25)(H,22,26)(H,28,29). The summed E-state index contributed by atoms with van der Waals surface area (Å²) in [5.41, 5.74) is 5.90. The van der Waals surface area contributed by atoms with Gasteiger partial charge in [0.25, 0.3) is 0 Å². The number of nitrogens with two attached hydrogens (primary N) is 1. The van der Waals surface area contributed by atoms with E-state index in [1.165, 1.54) is 11.8 Å². The summed E-state index contributed by atoms with van der Waals surface area (Å²) in [6.07, 6.45) is 2.05. The number of hydrogen-bond donors (Lipinski definition) is 5. The second kappa shape index (κ2) is 12.1. The van der Waals surface area contributed by atoms with Crippen LogP contribution in [0, 0.1) is 5.92 Å². The lowest BCUT2D eigenvalue weighted by atomic mass is 10.0. The minimum Gasteiger partial charge on any atom is -0.480 e. The van der Waals surface area contributed by atoms with Crippen LogP contribution in [-0.4, -0.2) is 87.6 Å². The van der Waals surface area contributed by atoms with E-state index in [-0.39, 0.29) is 5.92 Å². The number of nitrogens with one attached hydrogen (secondary N) is 2. The van der Waals surface area contributed by atoms with Crippen molar-refractivity contribution < 1.29 is 29.4 Å². The van der Waals surface area contributed by atoms with Crippen molar-refractivity contribution in [2.45, 2.75) is 70.3 Å². The van der Waals surface area contributed by atoms with Crippen LogP contribution in [-0.2, 0) is 19.2 Å². The zero-order chi connectivity index (χ0) is 23.0. The maximum atomic E-state index is 13.1. The van der Waals surface area contributed by atoms with Gasteiger partial charge in [-0.3, -0.25) is 14.4 Å². The van der Waals surface area contributed by atoms with E-state index in [0.717, 1.165) is 5.75 Å². The van der Waals surface area contributed by atoms with Crippen LogP contribution in [0.15, 0.2) is 0 Å². The van der Waals surface area contributed by atoms with Gasteiger partial charge in [0, 0.05) is 6.54 Å². The topological polar surface area (TPSA) is 162 Å². The molecule has 0 saturated carbocycles. The predicted octanol–water partition coefficient (Wildman–Crippen LogP) is -0.851. The summed E-state index contributed by atoms with van der Waals surface area (Å²) in [4.78, 5) is 50.8. The summed E-state index contributed by atoms with van der Waals surface area (Å²) < 4.78 is 0. The molecule has 30 heavy (non-hydrogen) atoms. The van der Waals surface area contributed by atoms with E-state index < -0.39 is 54.0 Å². The van der Waals surface area contributed by atoms with E-state index in [2.05, 4.69) is 10.6 Å². The molecule has 0 bridgehead atoms. The lowest BCUT2D eigenvalue weighted by molar-refractivity contribution is -0.147. The molecule has 1 heterocycles. The summed E-state index contributed by atoms with van der Waals surface area (Å²) in [5, 5.41) is 23.8. The van der Waals surface area contributed by atoms with Gasteiger partial charge in [0.1, 0.15) is 12.1 Å². The van der Waals surface area contributed by atoms with Crippen LogP contribution in [0.5, 0.6) is 0 Å². The van der Waals surface area contributed by atoms with Crippen LogP contribution in [0.3, 0.4) is 0 Å². The first-order chi connectivity index (χ1) is 14.0. The Balaban J connectivity index is 2.89. The first-order valence-electron chi connectivity index (χ1n) is 10.1. The molecule has 1 fully saturated rings. The number of aliphatic hydroxyl groups is 1. The summed E-state index contributed by atoms with van der Waals surface area (Å²) in [5.74, 6) is -2.34. The number of hydrogen-bond acceptors (Lipinski definition) is 7. The summed E-state index contributed by atoms with van der Waals surface area (Å²) >= 11 is 1.57. The highest BCUT2D eigenvalue weighted by Gasteiger charge is 2.40. The fourth-order valence-electron chi connectivity index (χ4n) is 3.27. The van der Waals surface area contributed by atoms with E-state index in [0.29, 0.717) is 25.8 Å². The third kappa shape index (κ3) is 7.13. The second-order valence-electron chi connectivity index (χ2n) is 7.87. The molecule has 1 rings (SSSR count). The fraction of sp³-hybridized carbons (Fsp3) is 0.789. The summed E-state index contributed by atoms with van der Waals surface area (Å²) in [6, 6.07) is -3.91. The monoisotopic (exact) mass is 446 g/mol. The van der Waals surface area contributed by atoms with Crippen molar-refractivity contribution in [1.29, 1.82) is 0 Å². The van der Waals surface area contributed by atoms with Crippen molar-refractivity contribution >= 4 is 35.5 Å². The average molecular weight is 447 g/mol. The smallest absolute Gasteiger partial charge is 0.328 e. The molecule has 6 N–H and O–H groups in total. The molecule has 0 aromatic rings. The number of aliphatic hydroxyl groups excluding tert-OH is 1. The Morgan fingerprint density at radius 1 is 1.17 bits per heavy atom. The number of carboxylic acid groups (broad SMARTS) is 1. The zero-order valence-corrected chi connectivity index (χ0v) is 18.8. The average Bonchev–Trinajstić information content (AvgIpc) is 3.16. The highest BCUT2D eigenvalue weighted by atomic mass is 32.2. The summed E-state index contributed by atoms with van der Waals surface area (Å²) in [7, 11) is 0. The van der Waals surface area contributed by atoms with Crippen LogP contribution < -0.4 is 16.4 Å². The zero-order valence-electron chi connectivity index (χ0n) is 18.0. The Hall–Kier alpha value is -1.85. The lowest BCUT2D eigenvalue weighted by Crippen LogP contribution is -2.59. The van der Waals surface area contributed by atoms with Gasteiger partial charge in [-0.15, -0.1) is 0 Å². The number of likely N-dealkylation sites (tertiary alicyclic amines) is 1. The molecule has 0 aromatic heterocycles. The Kier molecular flexibility index (Phi) is 10.6. The van der Waals surface area contributed by atoms with Crippen LogP contribution >= 0.6 is 11.8 Å². The van der Waals surface area contributed by atoms with Gasteiger partial charge in [0.2, 0.25) is 17.7 Å². The van der Waals surface area contributed by atoms with Crippen LogP contribution in [0.2, 0.25) is 0 Å². The van der Waals surface area contributed by atoms with Gasteiger partial charge in [-0.1, -0.05) is 13.8 Å². The minimum atomic E-state index is -1.47. The molecule has 1 aliphatic heterocycles. The Labute approximate surface area is 181 Å². The first-order valence-corrected chi connectivity index (χ1v) is 11.5. The number of nitrogens with zero attached hydrogens (tertiary/aromatic N) is 1. The Bertz CT molecular complexity index is 630. The van der Waals surface area contributed by atoms with Gasteiger partial charge in [-0.25, -0.2) is 4.79 Å². The molecule has 0 aliphatic carbocycles. The molecule has 0 radical (unpaired) electrons. The normalized spacial score (nSPS) is 20.4. The third-order valence-electron chi connectivity index (χ3n) is 5.08. The van der Waals surface area contributed by atoms with Gasteiger partial charge in [0.05, 0.1) is 12.1 Å². The van der Waals surface area contributed by atoms with Gasteiger partial charge < -0.3 is 31.5 Å². The van der Waals surface area contributed by atoms with Gasteiger partial charge >= 0.3 is 5.97 Å². The number of thioether (sulfide) groups is 1. The quantitative estimate of drug-likeness (QED) is 0.274. The van der Waals surface area contributed by atoms with Crippen LogP contribution in [0.1, 0.15) is 40.0 Å². The van der Waals surface area contributed by atoms with Crippen molar-refractivity contribution in [2.24, 2.45) is 11.7 Å². The van der Waals surface area contributed by atoms with Crippen LogP contribution in [0.4, 0.5) is 0 Å². The predicted molar refractivity (Wildman–Crippen MR) is 114 cm³/mol. The van der Waals surface area contributed by atoms with Crippen molar-refractivity contribution in [3.63, 3.8) is 0 Å². The largest absolute Gasteiger partial charge is 0.480 e. The number of carbonyl (C=O) groups excluding carboxylic acids is 3. The van der Waals surface area contributed by atoms with E-state index in [9.17, 15) is 24.3 Å². The number of carboxylic acids is 1. The van der Waals surface area contributed by atoms with Crippen molar-refractivity contribution in [3.05, 3.63) is 0 Å². The molecular formula is C19H34N4O6S. The molecule has 1 saturated heterocycles. The molecule has 10 nitrogen and oxygen atoms in total. The lowest BCUT2D eigenvalue weighted by Gasteiger charge is -2.31. The van der Waals surface area contributed by atoms with Crippen LogP contribution in [0.25, 0.3) is 0 Å². The van der Waals surface area contributed by atoms with Crippen molar-refractivity contribution in [1.82, 2.24) is 15.5 Å². The van der Waals surface area contributed by atoms with E-state index in [1.54, 1.807) is 25.6 Å². The number of aliphatic carboxylic acids is 1. The fourth-order valence-corrected chi connectivity index (χ4v) is 3.76. The third-order valence-corrected chi connectivity index (χ3v) is 5.73. The Morgan fingerprint density at radius 2 is 1.80 bits per heavy atom. The SMILES string of the molecule is CSCCC(N)C(=O)NC(C(=O)N1CCCC1C(=O)NC(C(=O)O)C(C)O)C(C)C. The molecule has 5 unspecified atom stereocenters. The molecule has 3 amide bonds. The minimum absolute atomic E-state index is 0.234. The number of amides is 3. The molecule has 5 atom stereocenters. The maximum Gasteiger partial charge on any atom is 0.328 e. The second-order valence-corrected chi connectivity index (χ2v) is 8.86. The highest BCUT2D eigenvalue weighted by Crippen LogP contribution is 2.21. The molecule has 1 aliphatic rings.